The lowest BCUT2D eigenvalue weighted by Crippen LogP contribution is -2.03. The van der Waals surface area contributed by atoms with Gasteiger partial charge in [0.15, 0.2) is 5.69 Å². The number of nitrogens with two attached hydrogens (primary N) is 1. The number of ketones is 1. The predicted octanol–water partition coefficient (Wildman–Crippen LogP) is 1.96. The van der Waals surface area contributed by atoms with Crippen LogP contribution in [0.4, 0.5) is 5.69 Å². The van der Waals surface area contributed by atoms with E-state index in [2.05, 4.69) is 9.97 Å². The van der Waals surface area contributed by atoms with Gasteiger partial charge in [-0.1, -0.05) is 18.2 Å². The first-order valence-corrected chi connectivity index (χ1v) is 5.63. The average Bonchev–Trinajstić information content (AvgIpc) is 2.46. The number of ether oxygens (including phenoxy) is 1. The number of methoxy groups -OCH3 is 1. The van der Waals surface area contributed by atoms with Crippen LogP contribution in [0.3, 0.4) is 0 Å². The minimum atomic E-state index is -0.262. The summed E-state index contributed by atoms with van der Waals surface area (Å²) >= 11 is 0. The molecule has 0 aliphatic heterocycles. The van der Waals surface area contributed by atoms with Crippen LogP contribution in [-0.2, 0) is 0 Å². The first-order chi connectivity index (χ1) is 9.20. The van der Waals surface area contributed by atoms with Gasteiger partial charge in [-0.3, -0.25) is 4.79 Å². The third-order valence-electron chi connectivity index (χ3n) is 2.46. The Kier molecular flexibility index (Phi) is 3.87. The monoisotopic (exact) mass is 255 g/mol. The van der Waals surface area contributed by atoms with Crippen LogP contribution in [0, 0.1) is 0 Å². The molecule has 5 nitrogen and oxygen atoms in total. The van der Waals surface area contributed by atoms with E-state index >= 15 is 0 Å². The SMILES string of the molecule is COc1nccnc1C(=O)/C=C/c1ccc(N)cc1. The average molecular weight is 255 g/mol. The molecule has 2 N–H and O–H groups in total. The van der Waals surface area contributed by atoms with Gasteiger partial charge in [0.1, 0.15) is 0 Å². The molecule has 0 saturated carbocycles. The molecule has 0 unspecified atom stereocenters. The van der Waals surface area contributed by atoms with Crippen molar-refractivity contribution in [3.8, 4) is 5.88 Å². The minimum Gasteiger partial charge on any atom is -0.479 e. The molecule has 1 aromatic carbocycles. The van der Waals surface area contributed by atoms with Gasteiger partial charge in [0.05, 0.1) is 7.11 Å². The normalized spacial score (nSPS) is 10.6. The number of hydrogen-bond acceptors (Lipinski definition) is 5. The van der Waals surface area contributed by atoms with Crippen LogP contribution in [-0.4, -0.2) is 22.9 Å². The van der Waals surface area contributed by atoms with Crippen LogP contribution in [0.2, 0.25) is 0 Å². The van der Waals surface area contributed by atoms with Gasteiger partial charge in [-0.05, 0) is 23.8 Å². The van der Waals surface area contributed by atoms with Crippen molar-refractivity contribution in [3.63, 3.8) is 0 Å². The third-order valence-corrected chi connectivity index (χ3v) is 2.46. The molecular weight excluding hydrogens is 242 g/mol. The standard InChI is InChI=1S/C14H13N3O2/c1-19-14-13(16-8-9-17-14)12(18)7-4-10-2-5-11(15)6-3-10/h2-9H,15H2,1H3/b7-4+. The van der Waals surface area contributed by atoms with Crippen molar-refractivity contribution < 1.29 is 9.53 Å². The predicted molar refractivity (Wildman–Crippen MR) is 72.8 cm³/mol. The Bertz CT molecular complexity index is 606. The second kappa shape index (κ2) is 5.77. The lowest BCUT2D eigenvalue weighted by molar-refractivity contribution is 0.103. The Labute approximate surface area is 110 Å². The molecule has 2 aromatic rings. The molecular formula is C14H13N3O2. The molecule has 0 amide bonds. The summed E-state index contributed by atoms with van der Waals surface area (Å²) in [5.74, 6) is -0.0452. The Hall–Kier alpha value is -2.69. The van der Waals surface area contributed by atoms with Gasteiger partial charge < -0.3 is 10.5 Å². The number of rotatable bonds is 4. The molecule has 19 heavy (non-hydrogen) atoms. The summed E-state index contributed by atoms with van der Waals surface area (Å²) in [6.45, 7) is 0. The van der Waals surface area contributed by atoms with E-state index in [0.29, 0.717) is 5.69 Å². The zero-order chi connectivity index (χ0) is 13.7. The molecule has 0 radical (unpaired) electrons. The van der Waals surface area contributed by atoms with Crippen molar-refractivity contribution in [2.45, 2.75) is 0 Å². The fraction of sp³-hybridized carbons (Fsp3) is 0.0714. The van der Waals surface area contributed by atoms with Crippen LogP contribution >= 0.6 is 0 Å². The van der Waals surface area contributed by atoms with Crippen molar-refractivity contribution in [1.82, 2.24) is 9.97 Å². The minimum absolute atomic E-state index is 0.191. The summed E-state index contributed by atoms with van der Waals surface area (Å²) in [4.78, 5) is 19.9. The number of anilines is 1. The summed E-state index contributed by atoms with van der Waals surface area (Å²) < 4.78 is 4.99. The molecule has 0 atom stereocenters. The first-order valence-electron chi connectivity index (χ1n) is 5.63. The quantitative estimate of drug-likeness (QED) is 0.513. The molecule has 0 saturated heterocycles. The first kappa shape index (κ1) is 12.8. The van der Waals surface area contributed by atoms with Crippen LogP contribution < -0.4 is 10.5 Å². The largest absolute Gasteiger partial charge is 0.479 e. The Morgan fingerprint density at radius 3 is 2.58 bits per heavy atom. The smallest absolute Gasteiger partial charge is 0.243 e. The number of benzene rings is 1. The van der Waals surface area contributed by atoms with E-state index in [-0.39, 0.29) is 17.4 Å². The van der Waals surface area contributed by atoms with Crippen LogP contribution in [0.1, 0.15) is 16.1 Å². The van der Waals surface area contributed by atoms with Gasteiger partial charge in [0.25, 0.3) is 0 Å². The van der Waals surface area contributed by atoms with E-state index in [1.54, 1.807) is 18.2 Å². The number of nitrogens with zero attached hydrogens (tertiary/aromatic N) is 2. The van der Waals surface area contributed by atoms with Crippen molar-refractivity contribution >= 4 is 17.5 Å². The fourth-order valence-electron chi connectivity index (χ4n) is 1.50. The molecule has 0 bridgehead atoms. The lowest BCUT2D eigenvalue weighted by atomic mass is 10.1. The molecule has 96 valence electrons. The van der Waals surface area contributed by atoms with E-state index in [9.17, 15) is 4.79 Å². The third kappa shape index (κ3) is 3.16. The molecule has 0 aliphatic carbocycles. The van der Waals surface area contributed by atoms with Gasteiger partial charge in [0, 0.05) is 18.1 Å². The van der Waals surface area contributed by atoms with Crippen molar-refractivity contribution in [1.29, 1.82) is 0 Å². The van der Waals surface area contributed by atoms with E-state index in [0.717, 1.165) is 5.56 Å². The molecule has 1 aromatic heterocycles. The van der Waals surface area contributed by atoms with Gasteiger partial charge in [0.2, 0.25) is 11.7 Å². The second-order valence-electron chi connectivity index (χ2n) is 3.78. The van der Waals surface area contributed by atoms with Gasteiger partial charge in [-0.2, -0.15) is 0 Å². The van der Waals surface area contributed by atoms with Crippen molar-refractivity contribution in [2.24, 2.45) is 0 Å². The van der Waals surface area contributed by atoms with E-state index in [1.807, 2.05) is 12.1 Å². The molecule has 2 rings (SSSR count). The maximum absolute atomic E-state index is 12.0. The number of carbonyl (C=O) groups is 1. The van der Waals surface area contributed by atoms with Crippen molar-refractivity contribution in [3.05, 3.63) is 54.0 Å². The highest BCUT2D eigenvalue weighted by Crippen LogP contribution is 2.13. The second-order valence-corrected chi connectivity index (χ2v) is 3.78. The number of nitrogen functional groups attached to an aromatic ring is 1. The highest BCUT2D eigenvalue weighted by molar-refractivity contribution is 6.06. The van der Waals surface area contributed by atoms with Gasteiger partial charge >= 0.3 is 0 Å². The van der Waals surface area contributed by atoms with Crippen LogP contribution in [0.5, 0.6) is 5.88 Å². The summed E-state index contributed by atoms with van der Waals surface area (Å²) in [5, 5.41) is 0. The molecule has 0 spiro atoms. The lowest BCUT2D eigenvalue weighted by Gasteiger charge is -2.01. The highest BCUT2D eigenvalue weighted by Gasteiger charge is 2.11. The summed E-state index contributed by atoms with van der Waals surface area (Å²) in [7, 11) is 1.45. The summed E-state index contributed by atoms with van der Waals surface area (Å²) in [5.41, 5.74) is 7.34. The topological polar surface area (TPSA) is 78.1 Å². The number of carbonyl (C=O) groups excluding carboxylic acids is 1. The Morgan fingerprint density at radius 1 is 1.21 bits per heavy atom. The van der Waals surface area contributed by atoms with Crippen molar-refractivity contribution in [2.75, 3.05) is 12.8 Å². The van der Waals surface area contributed by atoms with E-state index < -0.39 is 0 Å². The van der Waals surface area contributed by atoms with Gasteiger partial charge in [-0.15, -0.1) is 0 Å². The Balaban J connectivity index is 2.19. The van der Waals surface area contributed by atoms with Crippen LogP contribution in [0.15, 0.2) is 42.7 Å². The molecule has 0 aliphatic rings. The van der Waals surface area contributed by atoms with Crippen LogP contribution in [0.25, 0.3) is 6.08 Å². The number of aromatic nitrogens is 2. The Morgan fingerprint density at radius 2 is 1.89 bits per heavy atom. The number of hydrogen-bond donors (Lipinski definition) is 1. The van der Waals surface area contributed by atoms with E-state index in [1.165, 1.54) is 25.6 Å². The van der Waals surface area contributed by atoms with Gasteiger partial charge in [-0.25, -0.2) is 9.97 Å². The summed E-state index contributed by atoms with van der Waals surface area (Å²) in [6, 6.07) is 7.19. The zero-order valence-corrected chi connectivity index (χ0v) is 10.4. The maximum atomic E-state index is 12.0. The molecule has 0 fully saturated rings. The summed E-state index contributed by atoms with van der Waals surface area (Å²) in [6.07, 6.45) is 6.04. The fourth-order valence-corrected chi connectivity index (χ4v) is 1.50. The molecule has 1 heterocycles. The number of allylic oxidation sites excluding steroid dienone is 1. The van der Waals surface area contributed by atoms with E-state index in [4.69, 9.17) is 10.5 Å². The zero-order valence-electron chi connectivity index (χ0n) is 10.4. The highest BCUT2D eigenvalue weighted by atomic mass is 16.5. The molecule has 5 heteroatoms. The maximum Gasteiger partial charge on any atom is 0.243 e.